The molecule has 0 saturated heterocycles. The Morgan fingerprint density at radius 1 is 1.23 bits per heavy atom. The summed E-state index contributed by atoms with van der Waals surface area (Å²) in [5, 5.41) is 11.5. The fourth-order valence-electron chi connectivity index (χ4n) is 1.98. The van der Waals surface area contributed by atoms with E-state index < -0.39 is 0 Å². The summed E-state index contributed by atoms with van der Waals surface area (Å²) in [6.07, 6.45) is 0. The van der Waals surface area contributed by atoms with Crippen molar-refractivity contribution in [3.8, 4) is 23.3 Å². The summed E-state index contributed by atoms with van der Waals surface area (Å²) in [7, 11) is 0. The number of nitrogens with zero attached hydrogens (tertiary/aromatic N) is 1. The molecule has 22 heavy (non-hydrogen) atoms. The van der Waals surface area contributed by atoms with E-state index in [0.29, 0.717) is 28.5 Å². The molecule has 0 spiro atoms. The summed E-state index contributed by atoms with van der Waals surface area (Å²) in [5.41, 5.74) is 1.08. The zero-order chi connectivity index (χ0) is 15.4. The first kappa shape index (κ1) is 13.8. The van der Waals surface area contributed by atoms with Crippen LogP contribution in [0.1, 0.15) is 5.56 Å². The van der Waals surface area contributed by atoms with E-state index in [1.807, 2.05) is 6.07 Å². The number of carbonyl (C=O) groups excluding carboxylic acids is 1. The first-order valence-corrected chi connectivity index (χ1v) is 6.57. The zero-order valence-electron chi connectivity index (χ0n) is 11.5. The van der Waals surface area contributed by atoms with E-state index >= 15 is 0 Å². The lowest BCUT2D eigenvalue weighted by Gasteiger charge is -2.08. The molecule has 2 aromatic carbocycles. The minimum Gasteiger partial charge on any atom is -0.484 e. The lowest BCUT2D eigenvalue weighted by Crippen LogP contribution is -2.20. The SMILES string of the molecule is N#Cc1cccc(OCC(=O)Nc2ccc3c(c2)OCO3)c1. The second-order valence-corrected chi connectivity index (χ2v) is 4.54. The van der Waals surface area contributed by atoms with Crippen LogP contribution in [0.15, 0.2) is 42.5 Å². The summed E-state index contributed by atoms with van der Waals surface area (Å²) in [4.78, 5) is 11.9. The van der Waals surface area contributed by atoms with Gasteiger partial charge < -0.3 is 19.5 Å². The van der Waals surface area contributed by atoms with Gasteiger partial charge in [-0.05, 0) is 30.3 Å². The summed E-state index contributed by atoms with van der Waals surface area (Å²) in [6.45, 7) is 0.0361. The molecule has 1 heterocycles. The fourth-order valence-corrected chi connectivity index (χ4v) is 1.98. The Hall–Kier alpha value is -3.20. The summed E-state index contributed by atoms with van der Waals surface area (Å²) >= 11 is 0. The van der Waals surface area contributed by atoms with Crippen molar-refractivity contribution in [3.63, 3.8) is 0 Å². The number of anilines is 1. The topological polar surface area (TPSA) is 80.6 Å². The van der Waals surface area contributed by atoms with Crippen LogP contribution in [0.5, 0.6) is 17.2 Å². The quantitative estimate of drug-likeness (QED) is 0.936. The molecule has 1 aliphatic rings. The molecule has 0 bridgehead atoms. The Labute approximate surface area is 126 Å². The Bertz CT molecular complexity index is 752. The maximum atomic E-state index is 11.9. The smallest absolute Gasteiger partial charge is 0.262 e. The van der Waals surface area contributed by atoms with Gasteiger partial charge in [0, 0.05) is 11.8 Å². The molecule has 1 N–H and O–H groups in total. The monoisotopic (exact) mass is 296 g/mol. The van der Waals surface area contributed by atoms with Gasteiger partial charge in [0.15, 0.2) is 18.1 Å². The number of rotatable bonds is 4. The predicted molar refractivity (Wildman–Crippen MR) is 77.8 cm³/mol. The third-order valence-corrected chi connectivity index (χ3v) is 2.99. The molecule has 1 amide bonds. The Balaban J connectivity index is 1.57. The first-order chi connectivity index (χ1) is 10.7. The summed E-state index contributed by atoms with van der Waals surface area (Å²) in [6, 6.07) is 13.8. The number of fused-ring (bicyclic) bond motifs is 1. The maximum absolute atomic E-state index is 11.9. The van der Waals surface area contributed by atoms with Crippen LogP contribution in [-0.2, 0) is 4.79 Å². The van der Waals surface area contributed by atoms with Gasteiger partial charge in [0.2, 0.25) is 6.79 Å². The van der Waals surface area contributed by atoms with E-state index in [2.05, 4.69) is 5.32 Å². The van der Waals surface area contributed by atoms with E-state index in [-0.39, 0.29) is 19.3 Å². The molecule has 0 fully saturated rings. The van der Waals surface area contributed by atoms with Gasteiger partial charge in [0.1, 0.15) is 5.75 Å². The van der Waals surface area contributed by atoms with Crippen molar-refractivity contribution in [2.75, 3.05) is 18.7 Å². The highest BCUT2D eigenvalue weighted by Crippen LogP contribution is 2.34. The molecule has 6 nitrogen and oxygen atoms in total. The predicted octanol–water partition coefficient (Wildman–Crippen LogP) is 2.30. The number of nitriles is 1. The number of hydrogen-bond acceptors (Lipinski definition) is 5. The van der Waals surface area contributed by atoms with Gasteiger partial charge in [0.25, 0.3) is 5.91 Å². The van der Waals surface area contributed by atoms with Gasteiger partial charge in [-0.3, -0.25) is 4.79 Å². The molecule has 0 saturated carbocycles. The second kappa shape index (κ2) is 6.06. The zero-order valence-corrected chi connectivity index (χ0v) is 11.5. The normalized spacial score (nSPS) is 11.6. The van der Waals surface area contributed by atoms with Crippen molar-refractivity contribution < 1.29 is 19.0 Å². The molecular formula is C16H12N2O4. The highest BCUT2D eigenvalue weighted by atomic mass is 16.7. The van der Waals surface area contributed by atoms with E-state index in [4.69, 9.17) is 19.5 Å². The Kier molecular flexibility index (Phi) is 3.79. The van der Waals surface area contributed by atoms with Crippen LogP contribution in [0.4, 0.5) is 5.69 Å². The van der Waals surface area contributed by atoms with Crippen molar-refractivity contribution in [3.05, 3.63) is 48.0 Å². The van der Waals surface area contributed by atoms with Gasteiger partial charge in [0.05, 0.1) is 11.6 Å². The molecular weight excluding hydrogens is 284 g/mol. The molecule has 2 aromatic rings. The van der Waals surface area contributed by atoms with Crippen LogP contribution in [0, 0.1) is 11.3 Å². The number of ether oxygens (including phenoxy) is 3. The van der Waals surface area contributed by atoms with E-state index in [9.17, 15) is 4.79 Å². The van der Waals surface area contributed by atoms with Crippen LogP contribution in [0.25, 0.3) is 0 Å². The van der Waals surface area contributed by atoms with Crippen LogP contribution in [-0.4, -0.2) is 19.3 Å². The number of carbonyl (C=O) groups is 1. The van der Waals surface area contributed by atoms with Gasteiger partial charge in [-0.15, -0.1) is 0 Å². The van der Waals surface area contributed by atoms with Gasteiger partial charge in [-0.25, -0.2) is 0 Å². The molecule has 0 unspecified atom stereocenters. The van der Waals surface area contributed by atoms with E-state index in [1.54, 1.807) is 42.5 Å². The highest BCUT2D eigenvalue weighted by Gasteiger charge is 2.14. The third-order valence-electron chi connectivity index (χ3n) is 2.99. The Morgan fingerprint density at radius 2 is 2.09 bits per heavy atom. The minimum atomic E-state index is -0.304. The third kappa shape index (κ3) is 3.10. The molecule has 0 aromatic heterocycles. The molecule has 1 aliphatic heterocycles. The maximum Gasteiger partial charge on any atom is 0.262 e. The highest BCUT2D eigenvalue weighted by molar-refractivity contribution is 5.92. The number of benzene rings is 2. The standard InChI is InChI=1S/C16H12N2O4/c17-8-11-2-1-3-13(6-11)20-9-16(19)18-12-4-5-14-15(7-12)22-10-21-14/h1-7H,9-10H2,(H,18,19). The molecule has 0 radical (unpaired) electrons. The van der Waals surface area contributed by atoms with E-state index in [1.165, 1.54) is 0 Å². The molecule has 6 heteroatoms. The summed E-state index contributed by atoms with van der Waals surface area (Å²) < 4.78 is 15.8. The molecule has 110 valence electrons. The average Bonchev–Trinajstić information content (AvgIpc) is 3.01. The second-order valence-electron chi connectivity index (χ2n) is 4.54. The number of hydrogen-bond donors (Lipinski definition) is 1. The van der Waals surface area contributed by atoms with Crippen molar-refractivity contribution in [1.29, 1.82) is 5.26 Å². The van der Waals surface area contributed by atoms with Crippen molar-refractivity contribution in [2.24, 2.45) is 0 Å². The number of nitrogens with one attached hydrogen (secondary N) is 1. The van der Waals surface area contributed by atoms with Crippen molar-refractivity contribution >= 4 is 11.6 Å². The fraction of sp³-hybridized carbons (Fsp3) is 0.125. The lowest BCUT2D eigenvalue weighted by molar-refractivity contribution is -0.118. The van der Waals surface area contributed by atoms with Gasteiger partial charge >= 0.3 is 0 Å². The molecule has 3 rings (SSSR count). The van der Waals surface area contributed by atoms with Gasteiger partial charge in [-0.2, -0.15) is 5.26 Å². The van der Waals surface area contributed by atoms with Crippen LogP contribution >= 0.6 is 0 Å². The lowest BCUT2D eigenvalue weighted by atomic mass is 10.2. The average molecular weight is 296 g/mol. The first-order valence-electron chi connectivity index (χ1n) is 6.57. The largest absolute Gasteiger partial charge is 0.484 e. The summed E-state index contributed by atoms with van der Waals surface area (Å²) in [5.74, 6) is 1.42. The van der Waals surface area contributed by atoms with Crippen LogP contribution in [0.3, 0.4) is 0 Å². The van der Waals surface area contributed by atoms with E-state index in [0.717, 1.165) is 0 Å². The molecule has 0 atom stereocenters. The molecule has 0 aliphatic carbocycles. The number of amides is 1. The van der Waals surface area contributed by atoms with Crippen molar-refractivity contribution in [1.82, 2.24) is 0 Å². The van der Waals surface area contributed by atoms with Gasteiger partial charge in [-0.1, -0.05) is 6.07 Å². The Morgan fingerprint density at radius 3 is 2.95 bits per heavy atom. The van der Waals surface area contributed by atoms with Crippen molar-refractivity contribution in [2.45, 2.75) is 0 Å². The van der Waals surface area contributed by atoms with Crippen LogP contribution in [0.2, 0.25) is 0 Å². The minimum absolute atomic E-state index is 0.149. The van der Waals surface area contributed by atoms with Crippen LogP contribution < -0.4 is 19.5 Å².